The number of carbonyl (C=O) groups excluding carboxylic acids is 3. The molecule has 1 aromatic heterocycles. The van der Waals surface area contributed by atoms with E-state index in [0.717, 1.165) is 6.42 Å². The van der Waals surface area contributed by atoms with E-state index in [1.54, 1.807) is 29.6 Å². The third-order valence-electron chi connectivity index (χ3n) is 3.96. The maximum absolute atomic E-state index is 12.7. The van der Waals surface area contributed by atoms with Crippen LogP contribution < -0.4 is 16.4 Å². The summed E-state index contributed by atoms with van der Waals surface area (Å²) in [5.74, 6) is -1.20. The van der Waals surface area contributed by atoms with Gasteiger partial charge in [-0.15, -0.1) is 11.3 Å². The van der Waals surface area contributed by atoms with Crippen molar-refractivity contribution in [2.45, 2.75) is 32.7 Å². The Balaban J connectivity index is 2.08. The molecule has 138 valence electrons. The number of nitrogens with two attached hydrogens (primary N) is 1. The van der Waals surface area contributed by atoms with Gasteiger partial charge in [0, 0.05) is 10.9 Å². The van der Waals surface area contributed by atoms with Crippen LogP contribution in [0.4, 0.5) is 5.13 Å². The molecule has 0 aliphatic carbocycles. The topological polar surface area (TPSA) is 114 Å². The fraction of sp³-hybridized carbons (Fsp3) is 0.333. The smallest absolute Gasteiger partial charge is 0.251 e. The van der Waals surface area contributed by atoms with Crippen LogP contribution in [0.2, 0.25) is 0 Å². The highest BCUT2D eigenvalue weighted by atomic mass is 32.1. The van der Waals surface area contributed by atoms with E-state index in [4.69, 9.17) is 5.73 Å². The zero-order chi connectivity index (χ0) is 19.1. The van der Waals surface area contributed by atoms with Crippen LogP contribution >= 0.6 is 11.3 Å². The predicted octanol–water partition coefficient (Wildman–Crippen LogP) is 1.95. The van der Waals surface area contributed by atoms with Crippen molar-refractivity contribution in [1.82, 2.24) is 10.3 Å². The summed E-state index contributed by atoms with van der Waals surface area (Å²) in [5, 5.41) is 7.54. The van der Waals surface area contributed by atoms with Crippen LogP contribution in [-0.2, 0) is 16.0 Å². The van der Waals surface area contributed by atoms with Gasteiger partial charge in [0.25, 0.3) is 5.91 Å². The number of amides is 3. The van der Waals surface area contributed by atoms with Gasteiger partial charge in [-0.05, 0) is 18.1 Å². The number of aromatic nitrogens is 1. The largest absolute Gasteiger partial charge is 0.369 e. The van der Waals surface area contributed by atoms with Gasteiger partial charge in [-0.1, -0.05) is 38.5 Å². The zero-order valence-electron chi connectivity index (χ0n) is 14.7. The average Bonchev–Trinajstić information content (AvgIpc) is 3.05. The molecule has 2 rings (SSSR count). The molecule has 0 spiro atoms. The summed E-state index contributed by atoms with van der Waals surface area (Å²) in [6.45, 7) is 3.85. The molecule has 0 bridgehead atoms. The molecule has 0 aliphatic rings. The van der Waals surface area contributed by atoms with Gasteiger partial charge in [0.1, 0.15) is 6.04 Å². The second-order valence-corrected chi connectivity index (χ2v) is 6.84. The normalized spacial score (nSPS) is 12.8. The number of anilines is 1. The van der Waals surface area contributed by atoms with Crippen molar-refractivity contribution >= 4 is 34.2 Å². The minimum Gasteiger partial charge on any atom is -0.369 e. The van der Waals surface area contributed by atoms with Crippen molar-refractivity contribution in [1.29, 1.82) is 0 Å². The Kier molecular flexibility index (Phi) is 6.85. The summed E-state index contributed by atoms with van der Waals surface area (Å²) >= 11 is 1.21. The molecule has 2 aromatic rings. The van der Waals surface area contributed by atoms with E-state index >= 15 is 0 Å². The molecule has 1 heterocycles. The fourth-order valence-corrected chi connectivity index (χ4v) is 3.04. The SMILES string of the molecule is CCC(C)C(NC(=O)c1ccccc1)C(=O)Nc1nc(CC(N)=O)cs1. The van der Waals surface area contributed by atoms with Crippen molar-refractivity contribution in [2.75, 3.05) is 5.32 Å². The first kappa shape index (κ1) is 19.6. The maximum atomic E-state index is 12.7. The van der Waals surface area contributed by atoms with Crippen molar-refractivity contribution < 1.29 is 14.4 Å². The number of nitrogens with zero attached hydrogens (tertiary/aromatic N) is 1. The zero-order valence-corrected chi connectivity index (χ0v) is 15.5. The quantitative estimate of drug-likeness (QED) is 0.655. The first-order chi connectivity index (χ1) is 12.4. The average molecular weight is 374 g/mol. The first-order valence-electron chi connectivity index (χ1n) is 8.30. The summed E-state index contributed by atoms with van der Waals surface area (Å²) in [6.07, 6.45) is 0.740. The molecule has 8 heteroatoms. The van der Waals surface area contributed by atoms with Gasteiger partial charge in [-0.25, -0.2) is 4.98 Å². The second-order valence-electron chi connectivity index (χ2n) is 5.98. The number of benzene rings is 1. The molecule has 0 radical (unpaired) electrons. The van der Waals surface area contributed by atoms with E-state index in [2.05, 4.69) is 15.6 Å². The van der Waals surface area contributed by atoms with Gasteiger partial charge in [0.2, 0.25) is 11.8 Å². The monoisotopic (exact) mass is 374 g/mol. The van der Waals surface area contributed by atoms with E-state index in [-0.39, 0.29) is 24.2 Å². The van der Waals surface area contributed by atoms with E-state index in [1.165, 1.54) is 11.3 Å². The molecule has 4 N–H and O–H groups in total. The lowest BCUT2D eigenvalue weighted by Crippen LogP contribution is -2.47. The number of rotatable bonds is 8. The van der Waals surface area contributed by atoms with Crippen molar-refractivity contribution in [3.63, 3.8) is 0 Å². The third kappa shape index (κ3) is 5.38. The lowest BCUT2D eigenvalue weighted by atomic mass is 9.98. The molecule has 26 heavy (non-hydrogen) atoms. The molecule has 7 nitrogen and oxygen atoms in total. The first-order valence-corrected chi connectivity index (χ1v) is 9.18. The van der Waals surface area contributed by atoms with Gasteiger partial charge in [-0.2, -0.15) is 0 Å². The fourth-order valence-electron chi connectivity index (χ4n) is 2.32. The Morgan fingerprint density at radius 3 is 2.54 bits per heavy atom. The highest BCUT2D eigenvalue weighted by molar-refractivity contribution is 7.13. The van der Waals surface area contributed by atoms with E-state index in [1.807, 2.05) is 19.9 Å². The summed E-state index contributed by atoms with van der Waals surface area (Å²) in [5.41, 5.74) is 6.14. The number of nitrogens with one attached hydrogen (secondary N) is 2. The van der Waals surface area contributed by atoms with Crippen molar-refractivity contribution in [2.24, 2.45) is 11.7 Å². The van der Waals surface area contributed by atoms with Crippen LogP contribution in [0.15, 0.2) is 35.7 Å². The van der Waals surface area contributed by atoms with E-state index < -0.39 is 11.9 Å². The standard InChI is InChI=1S/C18H22N4O3S/c1-3-11(2)15(21-16(24)12-7-5-4-6-8-12)17(25)22-18-20-13(10-26-18)9-14(19)23/h4-8,10-11,15H,3,9H2,1-2H3,(H2,19,23)(H,21,24)(H,20,22,25). The Morgan fingerprint density at radius 2 is 1.92 bits per heavy atom. The molecule has 2 unspecified atom stereocenters. The number of hydrogen-bond donors (Lipinski definition) is 3. The van der Waals surface area contributed by atoms with E-state index in [0.29, 0.717) is 16.4 Å². The van der Waals surface area contributed by atoms with Crippen molar-refractivity contribution in [3.8, 4) is 0 Å². The Bertz CT molecular complexity index is 776. The highest BCUT2D eigenvalue weighted by Crippen LogP contribution is 2.18. The summed E-state index contributed by atoms with van der Waals surface area (Å²) in [4.78, 5) is 40.2. The van der Waals surface area contributed by atoms with Crippen LogP contribution in [0, 0.1) is 5.92 Å². The van der Waals surface area contributed by atoms with Crippen LogP contribution in [0.1, 0.15) is 36.3 Å². The molecule has 0 saturated heterocycles. The Hall–Kier alpha value is -2.74. The van der Waals surface area contributed by atoms with Crippen LogP contribution in [0.5, 0.6) is 0 Å². The molecule has 0 fully saturated rings. The van der Waals surface area contributed by atoms with E-state index in [9.17, 15) is 14.4 Å². The van der Waals surface area contributed by atoms with Crippen LogP contribution in [-0.4, -0.2) is 28.7 Å². The van der Waals surface area contributed by atoms with Crippen molar-refractivity contribution in [3.05, 3.63) is 47.0 Å². The molecule has 0 aliphatic heterocycles. The summed E-state index contributed by atoms with van der Waals surface area (Å²) < 4.78 is 0. The molecular weight excluding hydrogens is 352 g/mol. The minimum absolute atomic E-state index is 0.0197. The molecule has 1 aromatic carbocycles. The number of carbonyl (C=O) groups is 3. The second kappa shape index (κ2) is 9.10. The number of hydrogen-bond acceptors (Lipinski definition) is 5. The Labute approximate surface area is 156 Å². The minimum atomic E-state index is -0.698. The predicted molar refractivity (Wildman–Crippen MR) is 101 cm³/mol. The lowest BCUT2D eigenvalue weighted by molar-refractivity contribution is -0.119. The maximum Gasteiger partial charge on any atom is 0.251 e. The van der Waals surface area contributed by atoms with Gasteiger partial charge in [-0.3, -0.25) is 14.4 Å². The molecule has 0 saturated carbocycles. The summed E-state index contributed by atoms with van der Waals surface area (Å²) in [7, 11) is 0. The van der Waals surface area contributed by atoms with Crippen LogP contribution in [0.25, 0.3) is 0 Å². The summed E-state index contributed by atoms with van der Waals surface area (Å²) in [6, 6.07) is 8.04. The number of primary amides is 1. The molecule has 2 atom stereocenters. The van der Waals surface area contributed by atoms with Gasteiger partial charge < -0.3 is 16.4 Å². The third-order valence-corrected chi connectivity index (χ3v) is 4.76. The Morgan fingerprint density at radius 1 is 1.23 bits per heavy atom. The highest BCUT2D eigenvalue weighted by Gasteiger charge is 2.27. The van der Waals surface area contributed by atoms with Gasteiger partial charge in [0.15, 0.2) is 5.13 Å². The van der Waals surface area contributed by atoms with Crippen LogP contribution in [0.3, 0.4) is 0 Å². The van der Waals surface area contributed by atoms with Gasteiger partial charge in [0.05, 0.1) is 12.1 Å². The lowest BCUT2D eigenvalue weighted by Gasteiger charge is -2.23. The molecular formula is C18H22N4O3S. The number of thiazole rings is 1. The van der Waals surface area contributed by atoms with Gasteiger partial charge >= 0.3 is 0 Å². The molecule has 3 amide bonds.